The minimum absolute atomic E-state index is 0.233. The summed E-state index contributed by atoms with van der Waals surface area (Å²) in [5.74, 6) is 1.08. The maximum atomic E-state index is 13.3. The number of aliphatic imine (C=N–C) groups is 1. The minimum atomic E-state index is -0.233. The van der Waals surface area contributed by atoms with Crippen LogP contribution in [0.25, 0.3) is 0 Å². The van der Waals surface area contributed by atoms with Gasteiger partial charge < -0.3 is 15.0 Å². The molecule has 0 atom stereocenters. The van der Waals surface area contributed by atoms with E-state index in [-0.39, 0.29) is 5.82 Å². The van der Waals surface area contributed by atoms with E-state index in [1.165, 1.54) is 12.1 Å². The number of guanidine groups is 1. The normalized spacial score (nSPS) is 11.2. The molecule has 2 aromatic rings. The van der Waals surface area contributed by atoms with Gasteiger partial charge in [0.1, 0.15) is 5.82 Å². The lowest BCUT2D eigenvalue weighted by Crippen LogP contribution is -2.38. The van der Waals surface area contributed by atoms with Crippen LogP contribution in [-0.2, 0) is 13.1 Å². The first-order chi connectivity index (χ1) is 11.1. The van der Waals surface area contributed by atoms with Crippen molar-refractivity contribution in [3.63, 3.8) is 0 Å². The van der Waals surface area contributed by atoms with Gasteiger partial charge in [-0.1, -0.05) is 18.2 Å². The zero-order valence-corrected chi connectivity index (χ0v) is 13.6. The second-order valence-corrected chi connectivity index (χ2v) is 5.10. The van der Waals surface area contributed by atoms with E-state index in [0.29, 0.717) is 19.0 Å². The van der Waals surface area contributed by atoms with Crippen LogP contribution < -0.4 is 10.1 Å². The Balaban J connectivity index is 1.93. The van der Waals surface area contributed by atoms with Crippen molar-refractivity contribution in [2.45, 2.75) is 13.1 Å². The molecule has 0 fully saturated rings. The first-order valence-electron chi connectivity index (χ1n) is 7.27. The van der Waals surface area contributed by atoms with Gasteiger partial charge in [-0.25, -0.2) is 9.37 Å². The standard InChI is InChI=1S/C17H21FN4O/c1-19-17(21-11-14-7-8-16(23-3)20-10-14)22(2)12-13-5-4-6-15(18)9-13/h4-10H,11-12H2,1-3H3,(H,19,21). The predicted molar refractivity (Wildman–Crippen MR) is 88.9 cm³/mol. The molecule has 6 heteroatoms. The number of rotatable bonds is 5. The lowest BCUT2D eigenvalue weighted by Gasteiger charge is -2.22. The van der Waals surface area contributed by atoms with Gasteiger partial charge in [0.15, 0.2) is 5.96 Å². The molecule has 5 nitrogen and oxygen atoms in total. The summed E-state index contributed by atoms with van der Waals surface area (Å²) in [5, 5.41) is 3.26. The fraction of sp³-hybridized carbons (Fsp3) is 0.294. The molecule has 1 N–H and O–H groups in total. The summed E-state index contributed by atoms with van der Waals surface area (Å²) >= 11 is 0. The van der Waals surface area contributed by atoms with Gasteiger partial charge >= 0.3 is 0 Å². The maximum Gasteiger partial charge on any atom is 0.212 e. The van der Waals surface area contributed by atoms with Crippen LogP contribution in [0, 0.1) is 5.82 Å². The van der Waals surface area contributed by atoms with Crippen LogP contribution in [0.2, 0.25) is 0 Å². The molecule has 23 heavy (non-hydrogen) atoms. The Labute approximate surface area is 135 Å². The average Bonchev–Trinajstić information content (AvgIpc) is 2.56. The summed E-state index contributed by atoms with van der Waals surface area (Å²) in [4.78, 5) is 10.4. The second-order valence-electron chi connectivity index (χ2n) is 5.10. The topological polar surface area (TPSA) is 49.8 Å². The number of nitrogens with zero attached hydrogens (tertiary/aromatic N) is 3. The minimum Gasteiger partial charge on any atom is -0.481 e. The van der Waals surface area contributed by atoms with E-state index in [9.17, 15) is 4.39 Å². The summed E-state index contributed by atoms with van der Waals surface area (Å²) in [5.41, 5.74) is 1.91. The molecular weight excluding hydrogens is 295 g/mol. The third-order valence-electron chi connectivity index (χ3n) is 3.34. The molecule has 1 aromatic carbocycles. The van der Waals surface area contributed by atoms with Gasteiger partial charge in [0, 0.05) is 39.4 Å². The van der Waals surface area contributed by atoms with Gasteiger partial charge in [0.25, 0.3) is 0 Å². The fourth-order valence-corrected chi connectivity index (χ4v) is 2.19. The molecule has 1 heterocycles. The lowest BCUT2D eigenvalue weighted by molar-refractivity contribution is 0.397. The maximum absolute atomic E-state index is 13.3. The summed E-state index contributed by atoms with van der Waals surface area (Å²) in [6.07, 6.45) is 1.76. The fourth-order valence-electron chi connectivity index (χ4n) is 2.19. The molecular formula is C17H21FN4O. The highest BCUT2D eigenvalue weighted by Crippen LogP contribution is 2.08. The van der Waals surface area contributed by atoms with Crippen molar-refractivity contribution in [3.8, 4) is 5.88 Å². The van der Waals surface area contributed by atoms with Crippen molar-refractivity contribution < 1.29 is 9.13 Å². The van der Waals surface area contributed by atoms with E-state index >= 15 is 0 Å². The van der Waals surface area contributed by atoms with E-state index in [2.05, 4.69) is 15.3 Å². The van der Waals surface area contributed by atoms with Gasteiger partial charge in [-0.05, 0) is 23.3 Å². The van der Waals surface area contributed by atoms with E-state index in [4.69, 9.17) is 4.74 Å². The van der Waals surface area contributed by atoms with Crippen LogP contribution in [0.4, 0.5) is 4.39 Å². The summed E-state index contributed by atoms with van der Waals surface area (Å²) < 4.78 is 18.3. The Morgan fingerprint density at radius 1 is 1.30 bits per heavy atom. The Bertz CT molecular complexity index is 658. The van der Waals surface area contributed by atoms with Crippen LogP contribution in [0.1, 0.15) is 11.1 Å². The predicted octanol–water partition coefficient (Wildman–Crippen LogP) is 2.44. The molecule has 0 unspecified atom stereocenters. The smallest absolute Gasteiger partial charge is 0.212 e. The van der Waals surface area contributed by atoms with E-state index in [0.717, 1.165) is 17.1 Å². The number of halogens is 1. The van der Waals surface area contributed by atoms with Gasteiger partial charge in [0.2, 0.25) is 5.88 Å². The van der Waals surface area contributed by atoms with E-state index < -0.39 is 0 Å². The number of aromatic nitrogens is 1. The van der Waals surface area contributed by atoms with Crippen molar-refractivity contribution in [2.75, 3.05) is 21.2 Å². The van der Waals surface area contributed by atoms with Gasteiger partial charge in [-0.15, -0.1) is 0 Å². The van der Waals surface area contributed by atoms with Crippen LogP contribution in [0.3, 0.4) is 0 Å². The SMILES string of the molecule is CN=C(NCc1ccc(OC)nc1)N(C)Cc1cccc(F)c1. The van der Waals surface area contributed by atoms with Crippen LogP contribution >= 0.6 is 0 Å². The highest BCUT2D eigenvalue weighted by atomic mass is 19.1. The quantitative estimate of drug-likeness (QED) is 0.680. The van der Waals surface area contributed by atoms with Crippen LogP contribution in [0.15, 0.2) is 47.6 Å². The molecule has 0 bridgehead atoms. The number of benzene rings is 1. The van der Waals surface area contributed by atoms with Gasteiger partial charge in [-0.2, -0.15) is 0 Å². The second kappa shape index (κ2) is 8.12. The molecule has 1 aromatic heterocycles. The number of hydrogen-bond donors (Lipinski definition) is 1. The molecule has 0 aliphatic carbocycles. The number of ether oxygens (including phenoxy) is 1. The molecule has 122 valence electrons. The Hall–Kier alpha value is -2.63. The van der Waals surface area contributed by atoms with Gasteiger partial charge in [0.05, 0.1) is 7.11 Å². The third kappa shape index (κ3) is 4.95. The average molecular weight is 316 g/mol. The first-order valence-corrected chi connectivity index (χ1v) is 7.27. The molecule has 0 saturated carbocycles. The number of methoxy groups -OCH3 is 1. The molecule has 2 rings (SSSR count). The summed E-state index contributed by atoms with van der Waals surface area (Å²) in [6, 6.07) is 10.3. The number of nitrogens with one attached hydrogen (secondary N) is 1. The Morgan fingerprint density at radius 3 is 2.74 bits per heavy atom. The third-order valence-corrected chi connectivity index (χ3v) is 3.34. The Kier molecular flexibility index (Phi) is 5.91. The van der Waals surface area contributed by atoms with Crippen molar-refractivity contribution in [1.29, 1.82) is 0 Å². The Morgan fingerprint density at radius 2 is 2.13 bits per heavy atom. The van der Waals surface area contributed by atoms with Crippen molar-refractivity contribution in [1.82, 2.24) is 15.2 Å². The number of hydrogen-bond acceptors (Lipinski definition) is 3. The monoisotopic (exact) mass is 316 g/mol. The zero-order chi connectivity index (χ0) is 16.7. The molecule has 0 aliphatic rings. The number of pyridine rings is 1. The first kappa shape index (κ1) is 16.7. The van der Waals surface area contributed by atoms with Crippen LogP contribution in [0.5, 0.6) is 5.88 Å². The van der Waals surface area contributed by atoms with Crippen molar-refractivity contribution in [2.24, 2.45) is 4.99 Å². The summed E-state index contributed by atoms with van der Waals surface area (Å²) in [6.45, 7) is 1.16. The summed E-state index contributed by atoms with van der Waals surface area (Å²) in [7, 11) is 5.21. The van der Waals surface area contributed by atoms with E-state index in [1.54, 1.807) is 26.4 Å². The van der Waals surface area contributed by atoms with E-state index in [1.807, 2.05) is 30.1 Å². The molecule has 0 aliphatic heterocycles. The molecule has 0 radical (unpaired) electrons. The lowest BCUT2D eigenvalue weighted by atomic mass is 10.2. The zero-order valence-electron chi connectivity index (χ0n) is 13.6. The van der Waals surface area contributed by atoms with Crippen molar-refractivity contribution >= 4 is 5.96 Å². The van der Waals surface area contributed by atoms with Crippen LogP contribution in [-0.4, -0.2) is 37.0 Å². The van der Waals surface area contributed by atoms with Gasteiger partial charge in [-0.3, -0.25) is 4.99 Å². The largest absolute Gasteiger partial charge is 0.481 e. The molecule has 0 saturated heterocycles. The highest BCUT2D eigenvalue weighted by molar-refractivity contribution is 5.79. The highest BCUT2D eigenvalue weighted by Gasteiger charge is 2.07. The molecule has 0 amide bonds. The van der Waals surface area contributed by atoms with Crippen molar-refractivity contribution in [3.05, 3.63) is 59.5 Å². The molecule has 0 spiro atoms.